The van der Waals surface area contributed by atoms with Gasteiger partial charge in [-0.15, -0.1) is 0 Å². The van der Waals surface area contributed by atoms with Gasteiger partial charge in [0.1, 0.15) is 0 Å². The highest BCUT2D eigenvalue weighted by Gasteiger charge is 2.31. The van der Waals surface area contributed by atoms with Gasteiger partial charge in [-0.2, -0.15) is 13.2 Å². The molecule has 3 nitrogen and oxygen atoms in total. The Morgan fingerprint density at radius 1 is 1.00 bits per heavy atom. The van der Waals surface area contributed by atoms with Crippen LogP contribution in [0, 0.1) is 3.57 Å². The molecule has 0 bridgehead atoms. The maximum Gasteiger partial charge on any atom is 0.416 e. The van der Waals surface area contributed by atoms with Crippen LogP contribution in [0.1, 0.15) is 36.5 Å². The lowest BCUT2D eigenvalue weighted by molar-refractivity contribution is -0.137. The minimum Gasteiger partial charge on any atom is -0.379 e. The van der Waals surface area contributed by atoms with Gasteiger partial charge in [-0.1, -0.05) is 25.5 Å². The van der Waals surface area contributed by atoms with Crippen LogP contribution in [-0.2, 0) is 19.1 Å². The van der Waals surface area contributed by atoms with E-state index in [0.29, 0.717) is 24.5 Å². The topological polar surface area (TPSA) is 18.5 Å². The second-order valence-electron chi connectivity index (χ2n) is 7.84. The lowest BCUT2D eigenvalue weighted by Crippen LogP contribution is -2.24. The van der Waals surface area contributed by atoms with Crippen LogP contribution in [0.4, 0.5) is 24.5 Å². The number of benzene rings is 2. The summed E-state index contributed by atoms with van der Waals surface area (Å²) in [7, 11) is 5.83. The van der Waals surface area contributed by atoms with Crippen LogP contribution in [0.5, 0.6) is 0 Å². The van der Waals surface area contributed by atoms with E-state index in [-0.39, 0.29) is 0 Å². The van der Waals surface area contributed by atoms with Crippen LogP contribution in [0.15, 0.2) is 36.4 Å². The van der Waals surface area contributed by atoms with Crippen molar-refractivity contribution in [3.05, 3.63) is 56.7 Å². The van der Waals surface area contributed by atoms with Crippen molar-refractivity contribution >= 4 is 34.0 Å². The molecule has 2 aromatic rings. The first-order chi connectivity index (χ1) is 14.1. The molecule has 0 aliphatic carbocycles. The third-order valence-electron chi connectivity index (χ3n) is 4.95. The number of alkyl halides is 3. The number of anilines is 2. The number of halogens is 4. The van der Waals surface area contributed by atoms with Gasteiger partial charge in [0.2, 0.25) is 0 Å². The minimum absolute atomic E-state index is 0.562. The maximum atomic E-state index is 13.3. The maximum absolute atomic E-state index is 13.3. The average Bonchev–Trinajstić information content (AvgIpc) is 2.67. The Morgan fingerprint density at radius 3 is 2.33 bits per heavy atom. The first-order valence-corrected chi connectivity index (χ1v) is 11.3. The largest absolute Gasteiger partial charge is 0.416 e. The fourth-order valence-corrected chi connectivity index (χ4v) is 4.14. The second kappa shape index (κ2) is 11.2. The highest BCUT2D eigenvalue weighted by molar-refractivity contribution is 14.1. The summed E-state index contributed by atoms with van der Waals surface area (Å²) in [4.78, 5) is 3.97. The fraction of sp³-hybridized carbons (Fsp3) is 0.478. The summed E-state index contributed by atoms with van der Waals surface area (Å²) >= 11 is 2.35. The zero-order valence-corrected chi connectivity index (χ0v) is 20.3. The minimum atomic E-state index is -4.36. The molecule has 7 heteroatoms. The molecule has 0 radical (unpaired) electrons. The van der Waals surface area contributed by atoms with Crippen molar-refractivity contribution < 1.29 is 13.2 Å². The van der Waals surface area contributed by atoms with E-state index in [2.05, 4.69) is 57.9 Å². The normalized spacial score (nSPS) is 11.8. The average molecular weight is 533 g/mol. The van der Waals surface area contributed by atoms with Crippen LogP contribution in [-0.4, -0.2) is 39.1 Å². The third kappa shape index (κ3) is 7.34. The molecule has 0 spiro atoms. The summed E-state index contributed by atoms with van der Waals surface area (Å²) < 4.78 is 41.0. The molecule has 0 aliphatic heterocycles. The van der Waals surface area contributed by atoms with Crippen molar-refractivity contribution in [2.75, 3.05) is 44.4 Å². The van der Waals surface area contributed by atoms with Crippen molar-refractivity contribution in [3.63, 3.8) is 0 Å². The molecule has 1 N–H and O–H groups in total. The van der Waals surface area contributed by atoms with Gasteiger partial charge in [0.15, 0.2) is 0 Å². The number of rotatable bonds is 10. The summed E-state index contributed by atoms with van der Waals surface area (Å²) in [6.45, 7) is 4.28. The van der Waals surface area contributed by atoms with Crippen LogP contribution in [0.2, 0.25) is 0 Å². The molecule has 0 unspecified atom stereocenters. The molecule has 0 saturated carbocycles. The van der Waals surface area contributed by atoms with Gasteiger partial charge in [-0.25, -0.2) is 0 Å². The van der Waals surface area contributed by atoms with Gasteiger partial charge in [0.25, 0.3) is 0 Å². The Kier molecular flexibility index (Phi) is 9.28. The second-order valence-corrected chi connectivity index (χ2v) is 9.00. The van der Waals surface area contributed by atoms with Crippen LogP contribution >= 0.6 is 22.6 Å². The molecule has 0 fully saturated rings. The van der Waals surface area contributed by atoms with Crippen LogP contribution < -0.4 is 10.2 Å². The zero-order valence-electron chi connectivity index (χ0n) is 18.1. The highest BCUT2D eigenvalue weighted by Crippen LogP contribution is 2.35. The monoisotopic (exact) mass is 533 g/mol. The molecule has 166 valence electrons. The van der Waals surface area contributed by atoms with E-state index in [1.807, 2.05) is 26.0 Å². The Hall–Kier alpha value is -1.48. The molecule has 0 saturated heterocycles. The van der Waals surface area contributed by atoms with Gasteiger partial charge < -0.3 is 15.1 Å². The van der Waals surface area contributed by atoms with E-state index in [0.717, 1.165) is 37.4 Å². The summed E-state index contributed by atoms with van der Waals surface area (Å²) in [5.74, 6) is 0. The van der Waals surface area contributed by atoms with E-state index >= 15 is 0 Å². The van der Waals surface area contributed by atoms with Crippen LogP contribution in [0.25, 0.3) is 0 Å². The van der Waals surface area contributed by atoms with Crippen molar-refractivity contribution in [1.29, 1.82) is 0 Å². The SMILES string of the molecule is CCCc1ccc(CNc2ccc(C(F)(F)F)cc2N(C)CCCN(C)C)cc1I. The van der Waals surface area contributed by atoms with Crippen molar-refractivity contribution in [2.24, 2.45) is 0 Å². The van der Waals surface area contributed by atoms with Gasteiger partial charge in [0.05, 0.1) is 16.9 Å². The molecule has 2 rings (SSSR count). The summed E-state index contributed by atoms with van der Waals surface area (Å²) in [6.07, 6.45) is -1.34. The predicted molar refractivity (Wildman–Crippen MR) is 128 cm³/mol. The van der Waals surface area contributed by atoms with E-state index in [1.165, 1.54) is 21.3 Å². The van der Waals surface area contributed by atoms with Crippen molar-refractivity contribution in [1.82, 2.24) is 4.90 Å². The quantitative estimate of drug-likeness (QED) is 0.364. The van der Waals surface area contributed by atoms with Gasteiger partial charge >= 0.3 is 6.18 Å². The first-order valence-electron chi connectivity index (χ1n) is 10.2. The molecule has 0 aromatic heterocycles. The van der Waals surface area contributed by atoms with Crippen molar-refractivity contribution in [3.8, 4) is 0 Å². The Bertz CT molecular complexity index is 822. The molecule has 0 amide bonds. The zero-order chi connectivity index (χ0) is 22.3. The van der Waals surface area contributed by atoms with E-state index < -0.39 is 11.7 Å². The summed E-state index contributed by atoms with van der Waals surface area (Å²) in [5.41, 5.74) is 3.10. The number of hydrogen-bond donors (Lipinski definition) is 1. The Morgan fingerprint density at radius 2 is 1.73 bits per heavy atom. The molecule has 0 heterocycles. The van der Waals surface area contributed by atoms with E-state index in [1.54, 1.807) is 0 Å². The van der Waals surface area contributed by atoms with E-state index in [9.17, 15) is 13.2 Å². The van der Waals surface area contributed by atoms with Gasteiger partial charge in [-0.3, -0.25) is 0 Å². The summed E-state index contributed by atoms with van der Waals surface area (Å²) in [5, 5.41) is 3.34. The smallest absolute Gasteiger partial charge is 0.379 e. The van der Waals surface area contributed by atoms with E-state index in [4.69, 9.17) is 0 Å². The fourth-order valence-electron chi connectivity index (χ4n) is 3.29. The molecule has 0 aliphatic rings. The van der Waals surface area contributed by atoms with Gasteiger partial charge in [-0.05, 0) is 91.5 Å². The Balaban J connectivity index is 2.20. The number of nitrogens with zero attached hydrogens (tertiary/aromatic N) is 2. The molecular weight excluding hydrogens is 502 g/mol. The number of hydrogen-bond acceptors (Lipinski definition) is 3. The lowest BCUT2D eigenvalue weighted by Gasteiger charge is -2.25. The molecular formula is C23H31F3IN3. The molecule has 2 aromatic carbocycles. The molecule has 0 atom stereocenters. The Labute approximate surface area is 191 Å². The van der Waals surface area contributed by atoms with Crippen LogP contribution in [0.3, 0.4) is 0 Å². The van der Waals surface area contributed by atoms with Gasteiger partial charge in [0, 0.05) is 23.7 Å². The predicted octanol–water partition coefficient (Wildman–Crippen LogP) is 6.26. The first kappa shape index (κ1) is 24.8. The standard InChI is InChI=1S/C23H31F3IN3/c1-5-7-18-9-8-17(14-20(18)27)16-28-21-11-10-19(23(24,25)26)15-22(21)30(4)13-6-12-29(2)3/h8-11,14-15,28H,5-7,12-13,16H2,1-4H3. The third-order valence-corrected chi connectivity index (χ3v) is 5.96. The lowest BCUT2D eigenvalue weighted by atomic mass is 10.1. The summed E-state index contributed by atoms with van der Waals surface area (Å²) in [6, 6.07) is 10.3. The number of aryl methyl sites for hydroxylation is 1. The van der Waals surface area contributed by atoms with Crippen molar-refractivity contribution in [2.45, 2.75) is 38.9 Å². The molecule has 30 heavy (non-hydrogen) atoms. The number of nitrogens with one attached hydrogen (secondary N) is 1. The highest BCUT2D eigenvalue weighted by atomic mass is 127.